The van der Waals surface area contributed by atoms with E-state index in [4.69, 9.17) is 9.47 Å². The lowest BCUT2D eigenvalue weighted by Gasteiger charge is -2.40. The Hall–Kier alpha value is -0.550. The van der Waals surface area contributed by atoms with Crippen molar-refractivity contribution in [1.29, 1.82) is 0 Å². The Bertz CT molecular complexity index is 356. The lowest BCUT2D eigenvalue weighted by Crippen LogP contribution is -2.52. The van der Waals surface area contributed by atoms with E-state index in [2.05, 4.69) is 28.0 Å². The first kappa shape index (κ1) is 12.9. The number of rotatable bonds is 6. The van der Waals surface area contributed by atoms with Crippen molar-refractivity contribution in [1.82, 2.24) is 9.78 Å². The van der Waals surface area contributed by atoms with Gasteiger partial charge in [-0.2, -0.15) is 5.10 Å². The third-order valence-corrected chi connectivity index (χ3v) is 3.78. The van der Waals surface area contributed by atoms with Crippen molar-refractivity contribution in [3.8, 4) is 5.75 Å². The van der Waals surface area contributed by atoms with Gasteiger partial charge in [0.2, 0.25) is 0 Å². The molecule has 0 aromatic carbocycles. The van der Waals surface area contributed by atoms with Crippen LogP contribution in [-0.4, -0.2) is 33.4 Å². The Morgan fingerprint density at radius 2 is 2.35 bits per heavy atom. The van der Waals surface area contributed by atoms with Gasteiger partial charge in [0.1, 0.15) is 12.2 Å². The fourth-order valence-electron chi connectivity index (χ4n) is 1.98. The first-order chi connectivity index (χ1) is 8.24. The molecule has 0 bridgehead atoms. The molecule has 3 atom stereocenters. The summed E-state index contributed by atoms with van der Waals surface area (Å²) < 4.78 is 13.4. The normalized spacial score (nSPS) is 27.8. The van der Waals surface area contributed by atoms with Crippen molar-refractivity contribution >= 4 is 15.9 Å². The second-order valence-electron chi connectivity index (χ2n) is 4.27. The van der Waals surface area contributed by atoms with Crippen LogP contribution >= 0.6 is 15.9 Å². The van der Waals surface area contributed by atoms with Gasteiger partial charge < -0.3 is 9.47 Å². The van der Waals surface area contributed by atoms with Crippen LogP contribution < -0.4 is 4.74 Å². The molecule has 2 rings (SSSR count). The van der Waals surface area contributed by atoms with E-state index < -0.39 is 0 Å². The zero-order valence-corrected chi connectivity index (χ0v) is 11.9. The summed E-state index contributed by atoms with van der Waals surface area (Å²) in [6.07, 6.45) is 6.11. The molecule has 1 heterocycles. The summed E-state index contributed by atoms with van der Waals surface area (Å²) in [5.74, 6) is 0.840. The van der Waals surface area contributed by atoms with E-state index in [1.165, 1.54) is 0 Å². The summed E-state index contributed by atoms with van der Waals surface area (Å²) >= 11 is 3.59. The summed E-state index contributed by atoms with van der Waals surface area (Å²) in [4.78, 5) is 0.415. The van der Waals surface area contributed by atoms with E-state index in [9.17, 15) is 0 Å². The van der Waals surface area contributed by atoms with Gasteiger partial charge in [-0.3, -0.25) is 4.68 Å². The van der Waals surface area contributed by atoms with Crippen molar-refractivity contribution < 1.29 is 9.47 Å². The lowest BCUT2D eigenvalue weighted by molar-refractivity contribution is -0.0723. The van der Waals surface area contributed by atoms with Crippen LogP contribution in [0.3, 0.4) is 0 Å². The minimum absolute atomic E-state index is 0.151. The van der Waals surface area contributed by atoms with E-state index in [0.717, 1.165) is 31.7 Å². The number of alkyl halides is 1. The maximum absolute atomic E-state index is 5.87. The van der Waals surface area contributed by atoms with Crippen LogP contribution in [0.4, 0.5) is 0 Å². The number of aryl methyl sites for hydroxylation is 1. The summed E-state index contributed by atoms with van der Waals surface area (Å²) in [7, 11) is 0. The third kappa shape index (κ3) is 3.01. The molecule has 0 amide bonds. The van der Waals surface area contributed by atoms with E-state index in [1.54, 1.807) is 6.20 Å². The minimum atomic E-state index is 0.151. The van der Waals surface area contributed by atoms with Gasteiger partial charge in [0.05, 0.1) is 12.4 Å². The molecule has 96 valence electrons. The summed E-state index contributed by atoms with van der Waals surface area (Å²) in [6, 6.07) is 0. The van der Waals surface area contributed by atoms with Gasteiger partial charge in [-0.05, 0) is 13.3 Å². The molecule has 1 aromatic heterocycles. The molecule has 0 aliphatic heterocycles. The largest absolute Gasteiger partial charge is 0.484 e. The topological polar surface area (TPSA) is 36.3 Å². The van der Waals surface area contributed by atoms with Crippen LogP contribution in [0, 0.1) is 0 Å². The average molecular weight is 303 g/mol. The first-order valence-electron chi connectivity index (χ1n) is 6.19. The SMILES string of the molecule is CCCn1cc(OC2CC(Br)C2OCC)cn1. The van der Waals surface area contributed by atoms with Gasteiger partial charge in [-0.25, -0.2) is 0 Å². The fraction of sp³-hybridized carbons (Fsp3) is 0.750. The monoisotopic (exact) mass is 302 g/mol. The van der Waals surface area contributed by atoms with Crippen LogP contribution in [0.1, 0.15) is 26.7 Å². The Morgan fingerprint density at radius 3 is 3.00 bits per heavy atom. The first-order valence-corrected chi connectivity index (χ1v) is 7.11. The van der Waals surface area contributed by atoms with Crippen molar-refractivity contribution in [2.24, 2.45) is 0 Å². The van der Waals surface area contributed by atoms with Crippen LogP contribution in [0.25, 0.3) is 0 Å². The van der Waals surface area contributed by atoms with Gasteiger partial charge >= 0.3 is 0 Å². The van der Waals surface area contributed by atoms with Crippen LogP contribution in [-0.2, 0) is 11.3 Å². The van der Waals surface area contributed by atoms with Crippen LogP contribution in [0.15, 0.2) is 12.4 Å². The number of hydrogen-bond donors (Lipinski definition) is 0. The Morgan fingerprint density at radius 1 is 1.53 bits per heavy atom. The highest BCUT2D eigenvalue weighted by Crippen LogP contribution is 2.34. The molecule has 0 saturated heterocycles. The molecule has 1 fully saturated rings. The number of nitrogens with zero attached hydrogens (tertiary/aromatic N) is 2. The zero-order chi connectivity index (χ0) is 12.3. The van der Waals surface area contributed by atoms with Crippen molar-refractivity contribution in [3.63, 3.8) is 0 Å². The molecule has 1 aliphatic rings. The van der Waals surface area contributed by atoms with Gasteiger partial charge in [0.25, 0.3) is 0 Å². The van der Waals surface area contributed by atoms with Crippen LogP contribution in [0.5, 0.6) is 5.75 Å². The van der Waals surface area contributed by atoms with E-state index in [-0.39, 0.29) is 12.2 Å². The van der Waals surface area contributed by atoms with Crippen molar-refractivity contribution in [3.05, 3.63) is 12.4 Å². The number of hydrogen-bond acceptors (Lipinski definition) is 3. The second-order valence-corrected chi connectivity index (χ2v) is 5.44. The van der Waals surface area contributed by atoms with E-state index in [1.807, 2.05) is 17.8 Å². The predicted molar refractivity (Wildman–Crippen MR) is 69.7 cm³/mol. The van der Waals surface area contributed by atoms with E-state index in [0.29, 0.717) is 4.83 Å². The van der Waals surface area contributed by atoms with E-state index >= 15 is 0 Å². The number of halogens is 1. The number of ether oxygens (including phenoxy) is 2. The molecule has 0 N–H and O–H groups in total. The Labute approximate surface area is 110 Å². The van der Waals surface area contributed by atoms with Gasteiger partial charge in [-0.15, -0.1) is 0 Å². The Kier molecular flexibility index (Phi) is 4.45. The van der Waals surface area contributed by atoms with Gasteiger partial charge in [0.15, 0.2) is 5.75 Å². The highest BCUT2D eigenvalue weighted by molar-refractivity contribution is 9.09. The van der Waals surface area contributed by atoms with Gasteiger partial charge in [-0.1, -0.05) is 22.9 Å². The molecule has 1 aliphatic carbocycles. The summed E-state index contributed by atoms with van der Waals surface area (Å²) in [6.45, 7) is 5.80. The molecule has 0 spiro atoms. The quantitative estimate of drug-likeness (QED) is 0.758. The lowest BCUT2D eigenvalue weighted by atomic mass is 9.91. The highest BCUT2D eigenvalue weighted by Gasteiger charge is 2.42. The molecule has 17 heavy (non-hydrogen) atoms. The average Bonchev–Trinajstić information content (AvgIpc) is 2.74. The maximum atomic E-state index is 5.87. The van der Waals surface area contributed by atoms with Crippen molar-refractivity contribution in [2.45, 2.75) is 50.3 Å². The third-order valence-electron chi connectivity index (χ3n) is 2.89. The Balaban J connectivity index is 1.87. The molecule has 5 heteroatoms. The highest BCUT2D eigenvalue weighted by atomic mass is 79.9. The second kappa shape index (κ2) is 5.87. The standard InChI is InChI=1S/C12H19BrN2O2/c1-3-5-15-8-9(7-14-15)17-11-6-10(13)12(11)16-4-2/h7-8,10-12H,3-6H2,1-2H3. The zero-order valence-electron chi connectivity index (χ0n) is 10.3. The summed E-state index contributed by atoms with van der Waals surface area (Å²) in [5, 5.41) is 4.25. The maximum Gasteiger partial charge on any atom is 0.157 e. The molecule has 1 saturated carbocycles. The molecular weight excluding hydrogens is 284 g/mol. The molecule has 0 radical (unpaired) electrons. The smallest absolute Gasteiger partial charge is 0.157 e. The number of aromatic nitrogens is 2. The molecular formula is C12H19BrN2O2. The van der Waals surface area contributed by atoms with Crippen molar-refractivity contribution in [2.75, 3.05) is 6.61 Å². The molecule has 3 unspecified atom stereocenters. The van der Waals surface area contributed by atoms with Crippen LogP contribution in [0.2, 0.25) is 0 Å². The molecule has 1 aromatic rings. The fourth-order valence-corrected chi connectivity index (χ4v) is 2.84. The van der Waals surface area contributed by atoms with Gasteiger partial charge in [0, 0.05) is 24.4 Å². The minimum Gasteiger partial charge on any atom is -0.484 e. The molecule has 4 nitrogen and oxygen atoms in total. The summed E-state index contributed by atoms with van der Waals surface area (Å²) in [5.41, 5.74) is 0. The predicted octanol–water partition coefficient (Wildman–Crippen LogP) is 2.61.